The van der Waals surface area contributed by atoms with Crippen LogP contribution in [0, 0.1) is 0 Å². The van der Waals surface area contributed by atoms with Gasteiger partial charge in [0.05, 0.1) is 20.8 Å². The third kappa shape index (κ3) is 5.53. The minimum atomic E-state index is 0.140. The molecule has 0 bridgehead atoms. The van der Waals surface area contributed by atoms with Crippen LogP contribution in [-0.2, 0) is 4.79 Å². The lowest BCUT2D eigenvalue weighted by atomic mass is 10.3. The number of amides is 1. The second-order valence-corrected chi connectivity index (χ2v) is 5.81. The molecule has 1 aromatic rings. The number of carbonyl (C=O) groups is 1. The van der Waals surface area contributed by atoms with Crippen molar-refractivity contribution in [1.29, 1.82) is 0 Å². The highest BCUT2D eigenvalue weighted by molar-refractivity contribution is 5.92. The average Bonchev–Trinajstić information content (AvgIpc) is 2.62. The number of ether oxygens (including phenoxy) is 2. The predicted molar refractivity (Wildman–Crippen MR) is 98.4 cm³/mol. The van der Waals surface area contributed by atoms with Crippen molar-refractivity contribution in [3.8, 4) is 11.5 Å². The Morgan fingerprint density at radius 2 is 1.88 bits per heavy atom. The molecule has 0 atom stereocenters. The number of hydrogen-bond donors (Lipinski definition) is 2. The Morgan fingerprint density at radius 3 is 2.48 bits per heavy atom. The van der Waals surface area contributed by atoms with Crippen molar-refractivity contribution in [3.05, 3.63) is 18.2 Å². The summed E-state index contributed by atoms with van der Waals surface area (Å²) in [5, 5.41) is 3.05. The van der Waals surface area contributed by atoms with Crippen molar-refractivity contribution in [1.82, 2.24) is 9.80 Å². The summed E-state index contributed by atoms with van der Waals surface area (Å²) in [4.78, 5) is 19.8. The van der Waals surface area contributed by atoms with Crippen molar-refractivity contribution in [3.63, 3.8) is 0 Å². The van der Waals surface area contributed by atoms with Crippen LogP contribution < -0.4 is 20.5 Å². The van der Waals surface area contributed by atoms with E-state index in [1.54, 1.807) is 21.1 Å². The van der Waals surface area contributed by atoms with Crippen LogP contribution in [-0.4, -0.2) is 75.2 Å². The SMILES string of the molecule is COc1ccc(NC(N)=NCCN2CCN(C(C)=O)CC2)cc1OC. The smallest absolute Gasteiger partial charge is 0.219 e. The van der Waals surface area contributed by atoms with E-state index in [-0.39, 0.29) is 5.91 Å². The van der Waals surface area contributed by atoms with E-state index in [4.69, 9.17) is 15.2 Å². The largest absolute Gasteiger partial charge is 0.493 e. The van der Waals surface area contributed by atoms with Crippen molar-refractivity contribution in [2.45, 2.75) is 6.92 Å². The first-order chi connectivity index (χ1) is 12.0. The van der Waals surface area contributed by atoms with E-state index < -0.39 is 0 Å². The zero-order valence-corrected chi connectivity index (χ0v) is 15.1. The number of anilines is 1. The molecular formula is C17H27N5O3. The van der Waals surface area contributed by atoms with E-state index in [9.17, 15) is 4.79 Å². The van der Waals surface area contributed by atoms with Crippen LogP contribution in [0.2, 0.25) is 0 Å². The molecule has 0 aliphatic carbocycles. The van der Waals surface area contributed by atoms with Gasteiger partial charge in [0, 0.05) is 51.4 Å². The summed E-state index contributed by atoms with van der Waals surface area (Å²) in [6.07, 6.45) is 0. The third-order valence-corrected chi connectivity index (χ3v) is 4.17. The van der Waals surface area contributed by atoms with E-state index >= 15 is 0 Å². The van der Waals surface area contributed by atoms with Crippen LogP contribution in [0.1, 0.15) is 6.92 Å². The van der Waals surface area contributed by atoms with Gasteiger partial charge in [-0.2, -0.15) is 0 Å². The standard InChI is InChI=1S/C17H27N5O3/c1-13(23)22-10-8-21(9-11-22)7-6-19-17(18)20-14-4-5-15(24-2)16(12-14)25-3/h4-5,12H,6-11H2,1-3H3,(H3,18,19,20). The second-order valence-electron chi connectivity index (χ2n) is 5.81. The molecule has 1 aliphatic rings. The molecule has 8 nitrogen and oxygen atoms in total. The van der Waals surface area contributed by atoms with Gasteiger partial charge in [-0.25, -0.2) is 0 Å². The Kier molecular flexibility index (Phi) is 6.88. The van der Waals surface area contributed by atoms with E-state index in [1.807, 2.05) is 23.1 Å². The van der Waals surface area contributed by atoms with Gasteiger partial charge in [0.1, 0.15) is 0 Å². The summed E-state index contributed by atoms with van der Waals surface area (Å²) >= 11 is 0. The molecule has 3 N–H and O–H groups in total. The summed E-state index contributed by atoms with van der Waals surface area (Å²) in [5.74, 6) is 1.78. The van der Waals surface area contributed by atoms with Crippen molar-refractivity contribution in [2.24, 2.45) is 10.7 Å². The Balaban J connectivity index is 1.79. The van der Waals surface area contributed by atoms with E-state index in [0.717, 1.165) is 38.4 Å². The molecule has 8 heteroatoms. The van der Waals surface area contributed by atoms with Crippen molar-refractivity contribution >= 4 is 17.6 Å². The number of aliphatic imine (C=N–C) groups is 1. The molecule has 0 radical (unpaired) electrons. The summed E-state index contributed by atoms with van der Waals surface area (Å²) in [7, 11) is 3.18. The molecular weight excluding hydrogens is 322 g/mol. The molecule has 1 fully saturated rings. The molecule has 0 unspecified atom stereocenters. The number of carbonyl (C=O) groups excluding carboxylic acids is 1. The van der Waals surface area contributed by atoms with Crippen molar-refractivity contribution < 1.29 is 14.3 Å². The molecule has 1 aromatic carbocycles. The lowest BCUT2D eigenvalue weighted by Crippen LogP contribution is -2.48. The van der Waals surface area contributed by atoms with Crippen LogP contribution in [0.5, 0.6) is 11.5 Å². The molecule has 1 saturated heterocycles. The molecule has 0 spiro atoms. The number of methoxy groups -OCH3 is 2. The number of guanidine groups is 1. The van der Waals surface area contributed by atoms with E-state index in [2.05, 4.69) is 15.2 Å². The predicted octanol–water partition coefficient (Wildman–Crippen LogP) is 0.595. The van der Waals surface area contributed by atoms with Gasteiger partial charge >= 0.3 is 0 Å². The fourth-order valence-corrected chi connectivity index (χ4v) is 2.70. The number of hydrogen-bond acceptors (Lipinski definition) is 5. The fraction of sp³-hybridized carbons (Fsp3) is 0.529. The fourth-order valence-electron chi connectivity index (χ4n) is 2.70. The minimum Gasteiger partial charge on any atom is -0.493 e. The molecule has 1 amide bonds. The highest BCUT2D eigenvalue weighted by Gasteiger charge is 2.17. The highest BCUT2D eigenvalue weighted by Crippen LogP contribution is 2.29. The average molecular weight is 349 g/mol. The van der Waals surface area contributed by atoms with Gasteiger partial charge in [0.25, 0.3) is 0 Å². The van der Waals surface area contributed by atoms with Crippen LogP contribution >= 0.6 is 0 Å². The number of nitrogens with two attached hydrogens (primary N) is 1. The maximum atomic E-state index is 11.3. The molecule has 1 heterocycles. The van der Waals surface area contributed by atoms with Crippen LogP contribution in [0.3, 0.4) is 0 Å². The van der Waals surface area contributed by atoms with Crippen LogP contribution in [0.25, 0.3) is 0 Å². The van der Waals surface area contributed by atoms with Gasteiger partial charge in [-0.15, -0.1) is 0 Å². The van der Waals surface area contributed by atoms with Gasteiger partial charge in [0.15, 0.2) is 17.5 Å². The summed E-state index contributed by atoms with van der Waals surface area (Å²) < 4.78 is 10.5. The lowest BCUT2D eigenvalue weighted by molar-refractivity contribution is -0.130. The lowest BCUT2D eigenvalue weighted by Gasteiger charge is -2.33. The first-order valence-corrected chi connectivity index (χ1v) is 8.30. The van der Waals surface area contributed by atoms with E-state index in [1.165, 1.54) is 0 Å². The van der Waals surface area contributed by atoms with Gasteiger partial charge in [-0.3, -0.25) is 14.7 Å². The first kappa shape index (κ1) is 18.9. The number of nitrogens with zero attached hydrogens (tertiary/aromatic N) is 3. The van der Waals surface area contributed by atoms with Gasteiger partial charge in [0.2, 0.25) is 5.91 Å². The normalized spacial score (nSPS) is 15.8. The molecule has 0 saturated carbocycles. The van der Waals surface area contributed by atoms with E-state index in [0.29, 0.717) is 24.0 Å². The Hall–Kier alpha value is -2.48. The summed E-state index contributed by atoms with van der Waals surface area (Å²) in [6.45, 7) is 6.33. The van der Waals surface area contributed by atoms with Gasteiger partial charge in [-0.1, -0.05) is 0 Å². The number of rotatable bonds is 6. The number of nitrogens with one attached hydrogen (secondary N) is 1. The third-order valence-electron chi connectivity index (χ3n) is 4.17. The molecule has 2 rings (SSSR count). The van der Waals surface area contributed by atoms with Crippen LogP contribution in [0.4, 0.5) is 5.69 Å². The summed E-state index contributed by atoms with van der Waals surface area (Å²) in [6, 6.07) is 5.47. The van der Waals surface area contributed by atoms with Gasteiger partial charge < -0.3 is 25.4 Å². The Bertz CT molecular complexity index is 612. The summed E-state index contributed by atoms with van der Waals surface area (Å²) in [5.41, 5.74) is 6.73. The zero-order valence-electron chi connectivity index (χ0n) is 15.1. The Labute approximate surface area is 148 Å². The second kappa shape index (κ2) is 9.12. The maximum absolute atomic E-state index is 11.3. The molecule has 25 heavy (non-hydrogen) atoms. The topological polar surface area (TPSA) is 92.4 Å². The quantitative estimate of drug-likeness (QED) is 0.577. The highest BCUT2D eigenvalue weighted by atomic mass is 16.5. The van der Waals surface area contributed by atoms with Crippen LogP contribution in [0.15, 0.2) is 23.2 Å². The minimum absolute atomic E-state index is 0.140. The maximum Gasteiger partial charge on any atom is 0.219 e. The molecule has 1 aliphatic heterocycles. The number of benzene rings is 1. The van der Waals surface area contributed by atoms with Crippen molar-refractivity contribution in [2.75, 3.05) is 58.8 Å². The van der Waals surface area contributed by atoms with Gasteiger partial charge in [-0.05, 0) is 12.1 Å². The first-order valence-electron chi connectivity index (χ1n) is 8.30. The molecule has 138 valence electrons. The monoisotopic (exact) mass is 349 g/mol. The Morgan fingerprint density at radius 1 is 1.20 bits per heavy atom. The zero-order chi connectivity index (χ0) is 18.2. The molecule has 0 aromatic heterocycles. The number of piperazine rings is 1.